The van der Waals surface area contributed by atoms with Crippen molar-refractivity contribution in [3.05, 3.63) is 125 Å². The van der Waals surface area contributed by atoms with Crippen LogP contribution in [0.5, 0.6) is 5.75 Å². The van der Waals surface area contributed by atoms with Gasteiger partial charge in [-0.2, -0.15) is 0 Å². The number of nitrogens with zero attached hydrogens (tertiary/aromatic N) is 2. The van der Waals surface area contributed by atoms with Crippen LogP contribution in [0.4, 0.5) is 5.69 Å². The van der Waals surface area contributed by atoms with E-state index in [9.17, 15) is 18.0 Å². The molecule has 0 aliphatic heterocycles. The number of nitrogens with one attached hydrogen (secondary N) is 1. The summed E-state index contributed by atoms with van der Waals surface area (Å²) in [6.07, 6.45) is 0.234. The summed E-state index contributed by atoms with van der Waals surface area (Å²) < 4.78 is 34.3. The number of sulfonamides is 1. The number of anilines is 1. The number of benzene rings is 4. The molecule has 0 unspecified atom stereocenters. The third-order valence-electron chi connectivity index (χ3n) is 6.99. The number of aryl methyl sites for hydroxylation is 1. The van der Waals surface area contributed by atoms with Crippen molar-refractivity contribution < 1.29 is 22.7 Å². The molecule has 0 fully saturated rings. The first-order valence-electron chi connectivity index (χ1n) is 13.7. The van der Waals surface area contributed by atoms with Crippen LogP contribution in [-0.4, -0.2) is 51.9 Å². The van der Waals surface area contributed by atoms with Gasteiger partial charge in [-0.3, -0.25) is 13.9 Å². The van der Waals surface area contributed by atoms with E-state index in [1.807, 2.05) is 61.5 Å². The lowest BCUT2D eigenvalue weighted by Crippen LogP contribution is -2.53. The van der Waals surface area contributed by atoms with E-state index in [4.69, 9.17) is 16.3 Å². The number of amides is 2. The van der Waals surface area contributed by atoms with Crippen LogP contribution in [0.15, 0.2) is 108 Å². The molecule has 0 saturated carbocycles. The fraction of sp³-hybridized carbons (Fsp3) is 0.212. The van der Waals surface area contributed by atoms with Crippen LogP contribution >= 0.6 is 11.6 Å². The van der Waals surface area contributed by atoms with E-state index in [1.165, 1.54) is 43.3 Å². The van der Waals surface area contributed by atoms with Crippen molar-refractivity contribution in [2.24, 2.45) is 0 Å². The van der Waals surface area contributed by atoms with Gasteiger partial charge in [-0.05, 0) is 48.4 Å². The van der Waals surface area contributed by atoms with Gasteiger partial charge in [0.25, 0.3) is 10.0 Å². The van der Waals surface area contributed by atoms with Crippen molar-refractivity contribution in [3.63, 3.8) is 0 Å². The second-order valence-corrected chi connectivity index (χ2v) is 12.2. The van der Waals surface area contributed by atoms with Gasteiger partial charge in [0.15, 0.2) is 0 Å². The zero-order valence-corrected chi connectivity index (χ0v) is 25.8. The molecule has 224 valence electrons. The maximum absolute atomic E-state index is 14.3. The van der Waals surface area contributed by atoms with Gasteiger partial charge in [0.1, 0.15) is 18.3 Å². The Morgan fingerprint density at radius 1 is 0.884 bits per heavy atom. The highest BCUT2D eigenvalue weighted by Gasteiger charge is 2.34. The van der Waals surface area contributed by atoms with E-state index in [1.54, 1.807) is 24.3 Å². The summed E-state index contributed by atoms with van der Waals surface area (Å²) in [6.45, 7) is 1.46. The molecule has 0 aliphatic carbocycles. The molecule has 0 spiro atoms. The lowest BCUT2D eigenvalue weighted by molar-refractivity contribution is -0.139. The minimum atomic E-state index is -4.22. The molecule has 8 nitrogen and oxygen atoms in total. The van der Waals surface area contributed by atoms with E-state index in [-0.39, 0.29) is 34.5 Å². The summed E-state index contributed by atoms with van der Waals surface area (Å²) in [5, 5.41) is 2.87. The SMILES string of the molecule is CNC(=O)[C@@H](Cc1ccccc1)N(Cc1cccc(C)c1)C(=O)CN(c1ccc(OC)c(Cl)c1)S(=O)(=O)c1ccccc1. The number of carbonyl (C=O) groups is 2. The first kappa shape index (κ1) is 31.6. The average molecular weight is 620 g/mol. The number of ether oxygens (including phenoxy) is 1. The minimum Gasteiger partial charge on any atom is -0.495 e. The molecule has 10 heteroatoms. The van der Waals surface area contributed by atoms with E-state index in [0.717, 1.165) is 21.0 Å². The van der Waals surface area contributed by atoms with Crippen molar-refractivity contribution in [1.82, 2.24) is 10.2 Å². The van der Waals surface area contributed by atoms with Crippen LogP contribution in [0.2, 0.25) is 5.02 Å². The summed E-state index contributed by atoms with van der Waals surface area (Å²) in [6, 6.07) is 28.5. The molecule has 1 atom stereocenters. The Kier molecular flexibility index (Phi) is 10.4. The Hall–Kier alpha value is -4.34. The fourth-order valence-corrected chi connectivity index (χ4v) is 6.47. The molecule has 0 saturated heterocycles. The molecule has 4 rings (SSSR count). The van der Waals surface area contributed by atoms with E-state index in [0.29, 0.717) is 5.75 Å². The number of rotatable bonds is 12. The van der Waals surface area contributed by atoms with Crippen molar-refractivity contribution in [2.45, 2.75) is 30.8 Å². The Bertz CT molecular complexity index is 1670. The molecule has 1 N–H and O–H groups in total. The Morgan fingerprint density at radius 2 is 1.53 bits per heavy atom. The van der Waals surface area contributed by atoms with E-state index >= 15 is 0 Å². The zero-order chi connectivity index (χ0) is 31.0. The van der Waals surface area contributed by atoms with Crippen LogP contribution in [0.3, 0.4) is 0 Å². The quantitative estimate of drug-likeness (QED) is 0.234. The van der Waals surface area contributed by atoms with Crippen molar-refractivity contribution in [2.75, 3.05) is 25.0 Å². The van der Waals surface area contributed by atoms with Gasteiger partial charge >= 0.3 is 0 Å². The highest BCUT2D eigenvalue weighted by Crippen LogP contribution is 2.32. The summed E-state index contributed by atoms with van der Waals surface area (Å²) in [5.41, 5.74) is 2.83. The van der Waals surface area contributed by atoms with Crippen molar-refractivity contribution in [3.8, 4) is 5.75 Å². The average Bonchev–Trinajstić information content (AvgIpc) is 3.02. The summed E-state index contributed by atoms with van der Waals surface area (Å²) >= 11 is 6.40. The molecule has 0 heterocycles. The summed E-state index contributed by atoms with van der Waals surface area (Å²) in [4.78, 5) is 29.1. The van der Waals surface area contributed by atoms with Crippen LogP contribution < -0.4 is 14.4 Å². The second-order valence-electron chi connectivity index (χ2n) is 9.97. The standard InChI is InChI=1S/C33H34ClN3O5S/c1-24-11-10-14-26(19-24)22-36(30(33(39)35-2)20-25-12-6-4-7-13-25)32(38)23-37(27-17-18-31(42-3)29(34)21-27)43(40,41)28-15-8-5-9-16-28/h4-19,21,30H,20,22-23H2,1-3H3,(H,35,39)/t30-/m1/s1. The first-order chi connectivity index (χ1) is 20.6. The Labute approximate surface area is 257 Å². The van der Waals surface area contributed by atoms with Crippen molar-refractivity contribution >= 4 is 39.1 Å². The highest BCUT2D eigenvalue weighted by molar-refractivity contribution is 7.92. The van der Waals surface area contributed by atoms with Gasteiger partial charge in [0.2, 0.25) is 11.8 Å². The largest absolute Gasteiger partial charge is 0.495 e. The van der Waals surface area contributed by atoms with Crippen LogP contribution in [-0.2, 0) is 32.6 Å². The molecular weight excluding hydrogens is 586 g/mol. The lowest BCUT2D eigenvalue weighted by atomic mass is 10.0. The first-order valence-corrected chi connectivity index (χ1v) is 15.5. The molecule has 0 aromatic heterocycles. The molecular formula is C33H34ClN3O5S. The van der Waals surface area contributed by atoms with Crippen LogP contribution in [0, 0.1) is 6.92 Å². The fourth-order valence-electron chi connectivity index (χ4n) is 4.79. The lowest BCUT2D eigenvalue weighted by Gasteiger charge is -2.33. The van der Waals surface area contributed by atoms with Gasteiger partial charge in [0, 0.05) is 20.0 Å². The van der Waals surface area contributed by atoms with Gasteiger partial charge in [0.05, 0.1) is 22.7 Å². The molecule has 2 amide bonds. The minimum absolute atomic E-state index is 0.00658. The molecule has 0 aliphatic rings. The van der Waals surface area contributed by atoms with Gasteiger partial charge < -0.3 is 15.0 Å². The van der Waals surface area contributed by atoms with Crippen LogP contribution in [0.1, 0.15) is 16.7 Å². The predicted molar refractivity (Wildman–Crippen MR) is 169 cm³/mol. The van der Waals surface area contributed by atoms with Crippen molar-refractivity contribution in [1.29, 1.82) is 0 Å². The second kappa shape index (κ2) is 14.2. The van der Waals surface area contributed by atoms with Crippen LogP contribution in [0.25, 0.3) is 0 Å². The summed E-state index contributed by atoms with van der Waals surface area (Å²) in [5.74, 6) is -0.565. The number of hydrogen-bond donors (Lipinski definition) is 1. The summed E-state index contributed by atoms with van der Waals surface area (Å²) in [7, 11) is -1.25. The van der Waals surface area contributed by atoms with Gasteiger partial charge in [-0.15, -0.1) is 0 Å². The Balaban J connectivity index is 1.80. The van der Waals surface area contributed by atoms with Gasteiger partial charge in [-0.1, -0.05) is 90.0 Å². The zero-order valence-electron chi connectivity index (χ0n) is 24.2. The number of likely N-dealkylation sites (N-methyl/N-ethyl adjacent to an activating group) is 1. The number of methoxy groups -OCH3 is 1. The van der Waals surface area contributed by atoms with E-state index < -0.39 is 28.5 Å². The molecule has 43 heavy (non-hydrogen) atoms. The van der Waals surface area contributed by atoms with E-state index in [2.05, 4.69) is 5.32 Å². The molecule has 4 aromatic carbocycles. The molecule has 4 aromatic rings. The molecule has 0 radical (unpaired) electrons. The number of hydrogen-bond acceptors (Lipinski definition) is 5. The topological polar surface area (TPSA) is 96.0 Å². The number of halogens is 1. The Morgan fingerprint density at radius 3 is 2.14 bits per heavy atom. The maximum atomic E-state index is 14.3. The third kappa shape index (κ3) is 7.74. The predicted octanol–water partition coefficient (Wildman–Crippen LogP) is 5.24. The molecule has 0 bridgehead atoms. The van der Waals surface area contributed by atoms with Gasteiger partial charge in [-0.25, -0.2) is 8.42 Å². The third-order valence-corrected chi connectivity index (χ3v) is 9.07. The monoisotopic (exact) mass is 619 g/mol. The number of carbonyl (C=O) groups excluding carboxylic acids is 2. The maximum Gasteiger partial charge on any atom is 0.264 e. The smallest absolute Gasteiger partial charge is 0.264 e. The normalized spacial score (nSPS) is 11.8. The highest BCUT2D eigenvalue weighted by atomic mass is 35.5.